The van der Waals surface area contributed by atoms with Crippen LogP contribution in [0.25, 0.3) is 0 Å². The van der Waals surface area contributed by atoms with Crippen LogP contribution in [0, 0.1) is 5.82 Å². The summed E-state index contributed by atoms with van der Waals surface area (Å²) in [5, 5.41) is 6.57. The topological polar surface area (TPSA) is 54.0 Å². The molecule has 2 aromatic carbocycles. The van der Waals surface area contributed by atoms with Gasteiger partial charge in [-0.05, 0) is 36.4 Å². The first-order chi connectivity index (χ1) is 12.5. The average Bonchev–Trinajstić information content (AvgIpc) is 2.63. The van der Waals surface area contributed by atoms with Gasteiger partial charge < -0.3 is 10.6 Å². The standard InChI is InChI=1S/C19H14Cl2FN3O/c20-13-5-6-17(15(21)9-13)25-19(26)18-10-14(7-8-23-18)24-11-12-3-1-2-4-16(12)22/h1-10H,11H2,(H,23,24)(H,25,26). The van der Waals surface area contributed by atoms with E-state index in [1.165, 1.54) is 12.3 Å². The number of hydrogen-bond acceptors (Lipinski definition) is 3. The van der Waals surface area contributed by atoms with Gasteiger partial charge in [-0.25, -0.2) is 4.39 Å². The van der Waals surface area contributed by atoms with E-state index in [1.807, 2.05) is 0 Å². The molecule has 0 bridgehead atoms. The maximum atomic E-state index is 13.7. The minimum atomic E-state index is -0.413. The van der Waals surface area contributed by atoms with Crippen LogP contribution in [0.3, 0.4) is 0 Å². The summed E-state index contributed by atoms with van der Waals surface area (Å²) < 4.78 is 13.7. The molecule has 26 heavy (non-hydrogen) atoms. The molecule has 0 atom stereocenters. The second-order valence-electron chi connectivity index (χ2n) is 5.45. The summed E-state index contributed by atoms with van der Waals surface area (Å²) in [7, 11) is 0. The van der Waals surface area contributed by atoms with Gasteiger partial charge in [0.15, 0.2) is 0 Å². The van der Waals surface area contributed by atoms with Crippen LogP contribution in [0.5, 0.6) is 0 Å². The molecule has 0 fully saturated rings. The van der Waals surface area contributed by atoms with Crippen molar-refractivity contribution in [2.45, 2.75) is 6.54 Å². The van der Waals surface area contributed by atoms with Gasteiger partial charge in [-0.15, -0.1) is 0 Å². The number of nitrogens with zero attached hydrogens (tertiary/aromatic N) is 1. The minimum Gasteiger partial charge on any atom is -0.381 e. The van der Waals surface area contributed by atoms with E-state index in [0.717, 1.165) is 0 Å². The molecule has 3 aromatic rings. The van der Waals surface area contributed by atoms with E-state index >= 15 is 0 Å². The molecule has 0 aliphatic heterocycles. The average molecular weight is 390 g/mol. The van der Waals surface area contributed by atoms with Gasteiger partial charge in [-0.1, -0.05) is 41.4 Å². The van der Waals surface area contributed by atoms with Crippen molar-refractivity contribution in [3.05, 3.63) is 87.9 Å². The Morgan fingerprint density at radius 1 is 1.08 bits per heavy atom. The molecule has 1 aromatic heterocycles. The van der Waals surface area contributed by atoms with Crippen LogP contribution in [0.1, 0.15) is 16.1 Å². The van der Waals surface area contributed by atoms with Gasteiger partial charge in [0.25, 0.3) is 5.91 Å². The molecule has 3 rings (SSSR count). The fourth-order valence-electron chi connectivity index (χ4n) is 2.28. The zero-order valence-corrected chi connectivity index (χ0v) is 15.0. The molecule has 2 N–H and O–H groups in total. The lowest BCUT2D eigenvalue weighted by Crippen LogP contribution is -2.14. The van der Waals surface area contributed by atoms with Crippen LogP contribution in [0.4, 0.5) is 15.8 Å². The molecule has 132 valence electrons. The summed E-state index contributed by atoms with van der Waals surface area (Å²) in [6.45, 7) is 0.292. The fourth-order valence-corrected chi connectivity index (χ4v) is 2.74. The Balaban J connectivity index is 1.70. The number of carbonyl (C=O) groups is 1. The molecular weight excluding hydrogens is 376 g/mol. The Bertz CT molecular complexity index is 950. The van der Waals surface area contributed by atoms with Gasteiger partial charge in [0.1, 0.15) is 11.5 Å². The van der Waals surface area contributed by atoms with E-state index in [9.17, 15) is 9.18 Å². The van der Waals surface area contributed by atoms with E-state index in [-0.39, 0.29) is 11.5 Å². The van der Waals surface area contributed by atoms with Gasteiger partial charge in [-0.3, -0.25) is 9.78 Å². The van der Waals surface area contributed by atoms with Crippen molar-refractivity contribution in [2.24, 2.45) is 0 Å². The Labute approximate surface area is 160 Å². The Hall–Kier alpha value is -2.63. The summed E-state index contributed by atoms with van der Waals surface area (Å²) in [4.78, 5) is 16.4. The number of rotatable bonds is 5. The van der Waals surface area contributed by atoms with Crippen LogP contribution < -0.4 is 10.6 Å². The number of halogens is 3. The first kappa shape index (κ1) is 18.2. The largest absolute Gasteiger partial charge is 0.381 e. The van der Waals surface area contributed by atoms with Crippen LogP contribution >= 0.6 is 23.2 Å². The van der Waals surface area contributed by atoms with Crippen molar-refractivity contribution in [2.75, 3.05) is 10.6 Å². The molecule has 0 aliphatic rings. The van der Waals surface area contributed by atoms with Crippen molar-refractivity contribution in [1.82, 2.24) is 4.98 Å². The normalized spacial score (nSPS) is 10.4. The second-order valence-corrected chi connectivity index (χ2v) is 6.30. The maximum absolute atomic E-state index is 13.7. The highest BCUT2D eigenvalue weighted by atomic mass is 35.5. The SMILES string of the molecule is O=C(Nc1ccc(Cl)cc1Cl)c1cc(NCc2ccccc2F)ccn1. The molecule has 1 heterocycles. The summed E-state index contributed by atoms with van der Waals surface area (Å²) >= 11 is 11.9. The summed E-state index contributed by atoms with van der Waals surface area (Å²) in [6, 6.07) is 14.6. The van der Waals surface area contributed by atoms with Gasteiger partial charge in [0.2, 0.25) is 0 Å². The zero-order chi connectivity index (χ0) is 18.5. The van der Waals surface area contributed by atoms with Crippen LogP contribution in [0.2, 0.25) is 10.0 Å². The first-order valence-corrected chi connectivity index (χ1v) is 8.48. The lowest BCUT2D eigenvalue weighted by atomic mass is 10.2. The number of pyridine rings is 1. The smallest absolute Gasteiger partial charge is 0.274 e. The fraction of sp³-hybridized carbons (Fsp3) is 0.0526. The number of nitrogens with one attached hydrogen (secondary N) is 2. The highest BCUT2D eigenvalue weighted by Crippen LogP contribution is 2.25. The molecule has 0 saturated heterocycles. The summed E-state index contributed by atoms with van der Waals surface area (Å²) in [5.41, 5.74) is 1.82. The van der Waals surface area contributed by atoms with Crippen LogP contribution in [-0.2, 0) is 6.54 Å². The van der Waals surface area contributed by atoms with Gasteiger partial charge in [0, 0.05) is 29.0 Å². The Morgan fingerprint density at radius 3 is 2.65 bits per heavy atom. The molecule has 4 nitrogen and oxygen atoms in total. The zero-order valence-electron chi connectivity index (χ0n) is 13.5. The van der Waals surface area contributed by atoms with Crippen LogP contribution in [0.15, 0.2) is 60.8 Å². The van der Waals surface area contributed by atoms with E-state index in [0.29, 0.717) is 33.5 Å². The Morgan fingerprint density at radius 2 is 1.88 bits per heavy atom. The number of amides is 1. The molecule has 0 spiro atoms. The summed E-state index contributed by atoms with van der Waals surface area (Å²) in [6.07, 6.45) is 1.50. The molecule has 1 amide bonds. The molecular formula is C19H14Cl2FN3O. The monoisotopic (exact) mass is 389 g/mol. The van der Waals surface area contributed by atoms with E-state index in [2.05, 4.69) is 15.6 Å². The van der Waals surface area contributed by atoms with E-state index in [4.69, 9.17) is 23.2 Å². The third kappa shape index (κ3) is 4.50. The van der Waals surface area contributed by atoms with E-state index in [1.54, 1.807) is 48.5 Å². The molecule has 0 aliphatic carbocycles. The number of anilines is 2. The van der Waals surface area contributed by atoms with Crippen molar-refractivity contribution in [1.29, 1.82) is 0 Å². The first-order valence-electron chi connectivity index (χ1n) is 7.72. The van der Waals surface area contributed by atoms with E-state index < -0.39 is 5.91 Å². The second kappa shape index (κ2) is 8.17. The van der Waals surface area contributed by atoms with Crippen LogP contribution in [-0.4, -0.2) is 10.9 Å². The van der Waals surface area contributed by atoms with Crippen molar-refractivity contribution < 1.29 is 9.18 Å². The molecule has 0 unspecified atom stereocenters. The number of hydrogen-bond donors (Lipinski definition) is 2. The highest BCUT2D eigenvalue weighted by molar-refractivity contribution is 6.36. The summed E-state index contributed by atoms with van der Waals surface area (Å²) in [5.74, 6) is -0.701. The van der Waals surface area contributed by atoms with Crippen molar-refractivity contribution in [3.63, 3.8) is 0 Å². The van der Waals surface area contributed by atoms with Crippen molar-refractivity contribution in [3.8, 4) is 0 Å². The maximum Gasteiger partial charge on any atom is 0.274 e. The third-order valence-electron chi connectivity index (χ3n) is 3.61. The predicted octanol–water partition coefficient (Wildman–Crippen LogP) is 5.39. The quantitative estimate of drug-likeness (QED) is 0.614. The number of carbonyl (C=O) groups excluding carboxylic acids is 1. The third-order valence-corrected chi connectivity index (χ3v) is 4.16. The lowest BCUT2D eigenvalue weighted by molar-refractivity contribution is 0.102. The predicted molar refractivity (Wildman–Crippen MR) is 102 cm³/mol. The number of benzene rings is 2. The van der Waals surface area contributed by atoms with Gasteiger partial charge in [-0.2, -0.15) is 0 Å². The molecule has 0 saturated carbocycles. The molecule has 7 heteroatoms. The van der Waals surface area contributed by atoms with Crippen molar-refractivity contribution >= 4 is 40.5 Å². The van der Waals surface area contributed by atoms with Gasteiger partial charge >= 0.3 is 0 Å². The lowest BCUT2D eigenvalue weighted by Gasteiger charge is -2.10. The highest BCUT2D eigenvalue weighted by Gasteiger charge is 2.11. The minimum absolute atomic E-state index is 0.203. The molecule has 0 radical (unpaired) electrons. The van der Waals surface area contributed by atoms with Gasteiger partial charge in [0.05, 0.1) is 10.7 Å². The Kier molecular flexibility index (Phi) is 5.71. The number of aromatic nitrogens is 1.